The number of hydrogen-bond acceptors (Lipinski definition) is 4. The fourth-order valence-electron chi connectivity index (χ4n) is 3.53. The normalized spacial score (nSPS) is 16.2. The third-order valence-electron chi connectivity index (χ3n) is 5.16. The zero-order chi connectivity index (χ0) is 21.3. The minimum atomic E-state index is -3.16. The van der Waals surface area contributed by atoms with Gasteiger partial charge < -0.3 is 15.5 Å². The van der Waals surface area contributed by atoms with Gasteiger partial charge in [0.1, 0.15) is 0 Å². The van der Waals surface area contributed by atoms with Crippen LogP contribution in [0.3, 0.4) is 0 Å². The van der Waals surface area contributed by atoms with Crippen LogP contribution < -0.4 is 10.6 Å². The molecular formula is C21H34N4O3S. The highest BCUT2D eigenvalue weighted by molar-refractivity contribution is 7.90. The second kappa shape index (κ2) is 11.2. The monoisotopic (exact) mass is 422 g/mol. The summed E-state index contributed by atoms with van der Waals surface area (Å²) in [7, 11) is -3.16. The van der Waals surface area contributed by atoms with Crippen molar-refractivity contribution in [3.05, 3.63) is 29.8 Å². The number of rotatable bonds is 10. The van der Waals surface area contributed by atoms with Crippen molar-refractivity contribution < 1.29 is 13.2 Å². The van der Waals surface area contributed by atoms with Crippen LogP contribution in [0.2, 0.25) is 0 Å². The minimum absolute atomic E-state index is 0.269. The van der Waals surface area contributed by atoms with Crippen molar-refractivity contribution in [2.45, 2.75) is 56.9 Å². The standard InChI is InChI=1S/C21H34N4O3S/c1-4-18(25-16-6-7-20(25)26)13-15-24-21(22-5-2)23-14-12-17-8-10-19(11-9-17)29(3,27)28/h8-11,18H,4-7,12-16H2,1-3H3,(H2,22,23,24). The molecule has 162 valence electrons. The Bertz CT molecular complexity index is 791. The maximum atomic E-state index is 12.0. The van der Waals surface area contributed by atoms with Gasteiger partial charge in [-0.25, -0.2) is 8.42 Å². The molecule has 1 aliphatic heterocycles. The van der Waals surface area contributed by atoms with Gasteiger partial charge in [-0.2, -0.15) is 0 Å². The van der Waals surface area contributed by atoms with Gasteiger partial charge in [0.25, 0.3) is 0 Å². The fraction of sp³-hybridized carbons (Fsp3) is 0.619. The molecule has 8 heteroatoms. The second-order valence-corrected chi connectivity index (χ2v) is 9.41. The molecule has 1 fully saturated rings. The van der Waals surface area contributed by atoms with Gasteiger partial charge in [0.2, 0.25) is 5.91 Å². The Balaban J connectivity index is 1.83. The first-order valence-corrected chi connectivity index (χ1v) is 12.3. The van der Waals surface area contributed by atoms with E-state index in [0.29, 0.717) is 24.4 Å². The first-order chi connectivity index (χ1) is 13.8. The van der Waals surface area contributed by atoms with E-state index in [0.717, 1.165) is 50.3 Å². The fourth-order valence-corrected chi connectivity index (χ4v) is 4.16. The molecule has 0 saturated carbocycles. The van der Waals surface area contributed by atoms with E-state index in [2.05, 4.69) is 22.5 Å². The maximum absolute atomic E-state index is 12.0. The molecule has 1 heterocycles. The Labute approximate surface area is 174 Å². The van der Waals surface area contributed by atoms with Crippen molar-refractivity contribution in [1.29, 1.82) is 0 Å². The molecule has 1 atom stereocenters. The van der Waals surface area contributed by atoms with Gasteiger partial charge in [0, 0.05) is 44.9 Å². The van der Waals surface area contributed by atoms with Crippen LogP contribution in [0.1, 0.15) is 45.1 Å². The molecule has 2 N–H and O–H groups in total. The molecule has 0 aromatic heterocycles. The molecule has 0 bridgehead atoms. The van der Waals surface area contributed by atoms with E-state index in [-0.39, 0.29) is 11.9 Å². The van der Waals surface area contributed by atoms with Crippen molar-refractivity contribution in [3.8, 4) is 0 Å². The zero-order valence-electron chi connectivity index (χ0n) is 17.8. The average Bonchev–Trinajstić information content (AvgIpc) is 3.10. The number of guanidine groups is 1. The number of nitrogens with one attached hydrogen (secondary N) is 2. The summed E-state index contributed by atoms with van der Waals surface area (Å²) >= 11 is 0. The second-order valence-electron chi connectivity index (χ2n) is 7.39. The molecule has 1 aromatic rings. The Morgan fingerprint density at radius 3 is 2.48 bits per heavy atom. The summed E-state index contributed by atoms with van der Waals surface area (Å²) in [4.78, 5) is 19.0. The lowest BCUT2D eigenvalue weighted by atomic mass is 10.1. The van der Waals surface area contributed by atoms with Crippen LogP contribution in [0.5, 0.6) is 0 Å². The first kappa shape index (κ1) is 23.2. The summed E-state index contributed by atoms with van der Waals surface area (Å²) in [6.07, 6.45) is 5.45. The van der Waals surface area contributed by atoms with Crippen LogP contribution >= 0.6 is 0 Å². The minimum Gasteiger partial charge on any atom is -0.357 e. The molecule has 1 amide bonds. The Morgan fingerprint density at radius 1 is 1.21 bits per heavy atom. The smallest absolute Gasteiger partial charge is 0.222 e. The third-order valence-corrected chi connectivity index (χ3v) is 6.28. The molecule has 1 aliphatic rings. The summed E-state index contributed by atoms with van der Waals surface area (Å²) in [5.41, 5.74) is 1.07. The van der Waals surface area contributed by atoms with Crippen LogP contribution in [0.4, 0.5) is 0 Å². The Morgan fingerprint density at radius 2 is 1.93 bits per heavy atom. The molecule has 1 saturated heterocycles. The van der Waals surface area contributed by atoms with Gasteiger partial charge in [-0.3, -0.25) is 9.79 Å². The average molecular weight is 423 g/mol. The van der Waals surface area contributed by atoms with E-state index in [1.165, 1.54) is 6.26 Å². The predicted octanol–water partition coefficient (Wildman–Crippen LogP) is 1.98. The molecule has 1 unspecified atom stereocenters. The molecule has 1 aromatic carbocycles. The lowest BCUT2D eigenvalue weighted by Gasteiger charge is -2.26. The quantitative estimate of drug-likeness (QED) is 0.444. The highest BCUT2D eigenvalue weighted by atomic mass is 32.2. The molecule has 7 nitrogen and oxygen atoms in total. The molecular weight excluding hydrogens is 388 g/mol. The topological polar surface area (TPSA) is 90.9 Å². The van der Waals surface area contributed by atoms with Gasteiger partial charge in [-0.1, -0.05) is 19.1 Å². The van der Waals surface area contributed by atoms with Crippen LogP contribution in [0.25, 0.3) is 0 Å². The molecule has 0 spiro atoms. The van der Waals surface area contributed by atoms with E-state index in [4.69, 9.17) is 0 Å². The number of carbonyl (C=O) groups excluding carboxylic acids is 1. The first-order valence-electron chi connectivity index (χ1n) is 10.5. The molecule has 0 aliphatic carbocycles. The number of likely N-dealkylation sites (tertiary alicyclic amines) is 1. The number of sulfone groups is 1. The van der Waals surface area contributed by atoms with Gasteiger partial charge in [0.05, 0.1) is 4.90 Å². The summed E-state index contributed by atoms with van der Waals surface area (Å²) in [5.74, 6) is 1.04. The van der Waals surface area contributed by atoms with Gasteiger partial charge in [-0.15, -0.1) is 0 Å². The third kappa shape index (κ3) is 7.34. The summed E-state index contributed by atoms with van der Waals surface area (Å²) < 4.78 is 23.1. The van der Waals surface area contributed by atoms with Crippen LogP contribution in [-0.2, 0) is 21.1 Å². The number of aliphatic imine (C=N–C) groups is 1. The number of amides is 1. The number of benzene rings is 1. The molecule has 0 radical (unpaired) electrons. The van der Waals surface area contributed by atoms with E-state index in [1.807, 2.05) is 24.0 Å². The highest BCUT2D eigenvalue weighted by Gasteiger charge is 2.26. The van der Waals surface area contributed by atoms with Crippen LogP contribution in [0.15, 0.2) is 34.2 Å². The SMILES string of the molecule is CCNC(=NCCC(CC)N1CCCC1=O)NCCc1ccc(S(C)(=O)=O)cc1. The largest absolute Gasteiger partial charge is 0.357 e. The van der Waals surface area contributed by atoms with Crippen molar-refractivity contribution in [3.63, 3.8) is 0 Å². The van der Waals surface area contributed by atoms with E-state index in [1.54, 1.807) is 12.1 Å². The van der Waals surface area contributed by atoms with Gasteiger partial charge in [0.15, 0.2) is 15.8 Å². The highest BCUT2D eigenvalue weighted by Crippen LogP contribution is 2.18. The van der Waals surface area contributed by atoms with Crippen molar-refractivity contribution in [1.82, 2.24) is 15.5 Å². The summed E-state index contributed by atoms with van der Waals surface area (Å²) in [6, 6.07) is 7.26. The molecule has 2 rings (SSSR count). The van der Waals surface area contributed by atoms with Crippen molar-refractivity contribution in [2.24, 2.45) is 4.99 Å². The summed E-state index contributed by atoms with van der Waals surface area (Å²) in [6.45, 7) is 7.16. The zero-order valence-corrected chi connectivity index (χ0v) is 18.6. The predicted molar refractivity (Wildman–Crippen MR) is 117 cm³/mol. The number of hydrogen-bond donors (Lipinski definition) is 2. The number of nitrogens with zero attached hydrogens (tertiary/aromatic N) is 2. The Hall–Kier alpha value is -2.09. The lowest BCUT2D eigenvalue weighted by Crippen LogP contribution is -2.39. The van der Waals surface area contributed by atoms with Crippen molar-refractivity contribution in [2.75, 3.05) is 32.4 Å². The maximum Gasteiger partial charge on any atom is 0.222 e. The van der Waals surface area contributed by atoms with Crippen molar-refractivity contribution >= 4 is 21.7 Å². The lowest BCUT2D eigenvalue weighted by molar-refractivity contribution is -0.129. The van der Waals surface area contributed by atoms with E-state index >= 15 is 0 Å². The summed E-state index contributed by atoms with van der Waals surface area (Å²) in [5, 5.41) is 6.57. The van der Waals surface area contributed by atoms with Crippen LogP contribution in [-0.4, -0.2) is 63.7 Å². The van der Waals surface area contributed by atoms with E-state index in [9.17, 15) is 13.2 Å². The molecule has 29 heavy (non-hydrogen) atoms. The van der Waals surface area contributed by atoms with Crippen LogP contribution in [0, 0.1) is 0 Å². The number of carbonyl (C=O) groups is 1. The van der Waals surface area contributed by atoms with Gasteiger partial charge in [-0.05, 0) is 50.3 Å². The van der Waals surface area contributed by atoms with E-state index < -0.39 is 9.84 Å². The van der Waals surface area contributed by atoms with Gasteiger partial charge >= 0.3 is 0 Å². The Kier molecular flexibility index (Phi) is 8.95.